The highest BCUT2D eigenvalue weighted by Crippen LogP contribution is 2.21. The molecule has 0 saturated carbocycles. The molecular weight excluding hydrogens is 349 g/mol. The summed E-state index contributed by atoms with van der Waals surface area (Å²) in [6.45, 7) is 1.11. The van der Waals surface area contributed by atoms with Crippen LogP contribution in [0.25, 0.3) is 5.69 Å². The summed E-state index contributed by atoms with van der Waals surface area (Å²) in [6.07, 6.45) is 3.19. The van der Waals surface area contributed by atoms with Gasteiger partial charge in [-0.15, -0.1) is 0 Å². The lowest BCUT2D eigenvalue weighted by molar-refractivity contribution is 0.102. The van der Waals surface area contributed by atoms with Crippen LogP contribution in [0.1, 0.15) is 10.4 Å². The summed E-state index contributed by atoms with van der Waals surface area (Å²) >= 11 is 0. The van der Waals surface area contributed by atoms with Gasteiger partial charge < -0.3 is 10.6 Å². The van der Waals surface area contributed by atoms with E-state index in [-0.39, 0.29) is 11.9 Å². The molecule has 3 amide bonds. The molecule has 0 spiro atoms. The lowest BCUT2D eigenvalue weighted by Gasteiger charge is -2.15. The molecule has 2 N–H and O–H groups in total. The fraction of sp³-hybridized carbons (Fsp3) is 0.105. The molecule has 1 saturated heterocycles. The van der Waals surface area contributed by atoms with Crippen molar-refractivity contribution in [1.82, 2.24) is 15.1 Å². The predicted molar refractivity (Wildman–Crippen MR) is 98.7 cm³/mol. The van der Waals surface area contributed by atoms with E-state index in [1.807, 2.05) is 0 Å². The van der Waals surface area contributed by atoms with Gasteiger partial charge in [-0.3, -0.25) is 9.69 Å². The third-order valence-electron chi connectivity index (χ3n) is 4.23. The van der Waals surface area contributed by atoms with E-state index in [0.29, 0.717) is 35.7 Å². The van der Waals surface area contributed by atoms with E-state index in [9.17, 15) is 14.0 Å². The number of carbonyl (C=O) groups excluding carboxylic acids is 2. The topological polar surface area (TPSA) is 79.3 Å². The van der Waals surface area contributed by atoms with Crippen molar-refractivity contribution in [2.75, 3.05) is 23.3 Å². The Morgan fingerprint density at radius 3 is 2.78 bits per heavy atom. The highest BCUT2D eigenvalue weighted by Gasteiger charge is 2.21. The van der Waals surface area contributed by atoms with Gasteiger partial charge in [0.25, 0.3) is 5.91 Å². The van der Waals surface area contributed by atoms with Crippen molar-refractivity contribution in [3.05, 3.63) is 72.3 Å². The molecule has 27 heavy (non-hydrogen) atoms. The van der Waals surface area contributed by atoms with Gasteiger partial charge >= 0.3 is 6.03 Å². The Labute approximate surface area is 154 Å². The lowest BCUT2D eigenvalue weighted by Crippen LogP contribution is -2.27. The first-order valence-electron chi connectivity index (χ1n) is 8.38. The van der Waals surface area contributed by atoms with Gasteiger partial charge in [0.1, 0.15) is 5.69 Å². The Balaban J connectivity index is 1.52. The number of urea groups is 1. The fourth-order valence-corrected chi connectivity index (χ4v) is 2.92. The zero-order chi connectivity index (χ0) is 18.8. The molecule has 2 heterocycles. The second kappa shape index (κ2) is 6.91. The van der Waals surface area contributed by atoms with E-state index < -0.39 is 5.82 Å². The maximum absolute atomic E-state index is 14.3. The average Bonchev–Trinajstić information content (AvgIpc) is 3.34. The molecular formula is C19H16FN5O2. The molecule has 3 aromatic rings. The molecule has 136 valence electrons. The number of carbonyl (C=O) groups is 2. The second-order valence-corrected chi connectivity index (χ2v) is 6.00. The molecule has 0 bridgehead atoms. The van der Waals surface area contributed by atoms with Crippen LogP contribution in [-0.2, 0) is 0 Å². The molecule has 0 aliphatic carbocycles. The van der Waals surface area contributed by atoms with Crippen LogP contribution in [0.15, 0.2) is 60.9 Å². The van der Waals surface area contributed by atoms with Crippen molar-refractivity contribution in [3.63, 3.8) is 0 Å². The Morgan fingerprint density at radius 2 is 2.07 bits per heavy atom. The van der Waals surface area contributed by atoms with Crippen molar-refractivity contribution in [3.8, 4) is 5.69 Å². The highest BCUT2D eigenvalue weighted by atomic mass is 19.1. The third-order valence-corrected chi connectivity index (χ3v) is 4.23. The minimum absolute atomic E-state index is 0.191. The Morgan fingerprint density at radius 1 is 1.19 bits per heavy atom. The van der Waals surface area contributed by atoms with Crippen molar-refractivity contribution >= 4 is 23.3 Å². The minimum atomic E-state index is -0.501. The largest absolute Gasteiger partial charge is 0.336 e. The van der Waals surface area contributed by atoms with Crippen LogP contribution in [-0.4, -0.2) is 34.8 Å². The van der Waals surface area contributed by atoms with Crippen LogP contribution in [0, 0.1) is 5.82 Å². The fourth-order valence-electron chi connectivity index (χ4n) is 2.92. The van der Waals surface area contributed by atoms with Crippen LogP contribution in [0.2, 0.25) is 0 Å². The Bertz CT molecular complexity index is 1000. The zero-order valence-electron chi connectivity index (χ0n) is 14.2. The summed E-state index contributed by atoms with van der Waals surface area (Å²) in [5, 5.41) is 9.38. The molecule has 1 aliphatic rings. The number of benzene rings is 2. The maximum Gasteiger partial charge on any atom is 0.321 e. The van der Waals surface area contributed by atoms with Gasteiger partial charge in [0, 0.05) is 42.4 Å². The van der Waals surface area contributed by atoms with Gasteiger partial charge in [-0.2, -0.15) is 5.10 Å². The molecule has 0 atom stereocenters. The molecule has 0 unspecified atom stereocenters. The number of anilines is 2. The summed E-state index contributed by atoms with van der Waals surface area (Å²) in [5.41, 5.74) is 1.64. The molecule has 4 rings (SSSR count). The van der Waals surface area contributed by atoms with Crippen LogP contribution >= 0.6 is 0 Å². The van der Waals surface area contributed by atoms with Crippen LogP contribution in [0.3, 0.4) is 0 Å². The van der Waals surface area contributed by atoms with Crippen LogP contribution in [0.4, 0.5) is 20.6 Å². The van der Waals surface area contributed by atoms with Gasteiger partial charge in [-0.05, 0) is 42.5 Å². The first kappa shape index (κ1) is 16.8. The van der Waals surface area contributed by atoms with Crippen molar-refractivity contribution < 1.29 is 14.0 Å². The smallest absolute Gasteiger partial charge is 0.321 e. The zero-order valence-corrected chi connectivity index (χ0v) is 14.2. The summed E-state index contributed by atoms with van der Waals surface area (Å²) in [7, 11) is 0. The SMILES string of the molecule is O=C(Nc1ccc(-n2cccn2)c(F)c1)c1cccc(N2CCNC2=O)c1. The number of hydrogen-bond acceptors (Lipinski definition) is 3. The summed E-state index contributed by atoms with van der Waals surface area (Å²) in [5.74, 6) is -0.887. The number of hydrogen-bond donors (Lipinski definition) is 2. The maximum atomic E-state index is 14.3. The number of nitrogens with one attached hydrogen (secondary N) is 2. The van der Waals surface area contributed by atoms with Crippen molar-refractivity contribution in [2.45, 2.75) is 0 Å². The third kappa shape index (κ3) is 3.37. The van der Waals surface area contributed by atoms with Gasteiger partial charge in [-0.25, -0.2) is 13.9 Å². The Kier molecular flexibility index (Phi) is 4.29. The first-order chi connectivity index (χ1) is 13.1. The highest BCUT2D eigenvalue weighted by molar-refractivity contribution is 6.05. The first-order valence-corrected chi connectivity index (χ1v) is 8.38. The molecule has 1 fully saturated rings. The number of halogens is 1. The summed E-state index contributed by atoms with van der Waals surface area (Å²) < 4.78 is 15.7. The number of rotatable bonds is 4. The molecule has 0 radical (unpaired) electrons. The van der Waals surface area contributed by atoms with Gasteiger partial charge in [0.05, 0.1) is 0 Å². The van der Waals surface area contributed by atoms with Crippen molar-refractivity contribution in [1.29, 1.82) is 0 Å². The lowest BCUT2D eigenvalue weighted by atomic mass is 10.1. The van der Waals surface area contributed by atoms with E-state index in [2.05, 4.69) is 15.7 Å². The van der Waals surface area contributed by atoms with E-state index in [1.165, 1.54) is 10.7 Å². The number of nitrogens with zero attached hydrogens (tertiary/aromatic N) is 3. The molecule has 1 aromatic heterocycles. The van der Waals surface area contributed by atoms with E-state index in [0.717, 1.165) is 0 Å². The molecule has 1 aliphatic heterocycles. The van der Waals surface area contributed by atoms with E-state index >= 15 is 0 Å². The quantitative estimate of drug-likeness (QED) is 0.746. The number of aromatic nitrogens is 2. The monoisotopic (exact) mass is 365 g/mol. The normalized spacial score (nSPS) is 13.5. The van der Waals surface area contributed by atoms with Gasteiger partial charge in [-0.1, -0.05) is 6.07 Å². The Hall–Kier alpha value is -3.68. The molecule has 7 nitrogen and oxygen atoms in total. The van der Waals surface area contributed by atoms with Crippen LogP contribution in [0.5, 0.6) is 0 Å². The molecule has 8 heteroatoms. The van der Waals surface area contributed by atoms with Crippen LogP contribution < -0.4 is 15.5 Å². The average molecular weight is 365 g/mol. The van der Waals surface area contributed by atoms with Crippen molar-refractivity contribution in [2.24, 2.45) is 0 Å². The van der Waals surface area contributed by atoms with Gasteiger partial charge in [0.2, 0.25) is 0 Å². The summed E-state index contributed by atoms with van der Waals surface area (Å²) in [4.78, 5) is 25.9. The van der Waals surface area contributed by atoms with Gasteiger partial charge in [0.15, 0.2) is 5.82 Å². The minimum Gasteiger partial charge on any atom is -0.336 e. The standard InChI is InChI=1S/C19H16FN5O2/c20-16-12-14(5-6-17(16)25-9-2-7-22-25)23-18(26)13-3-1-4-15(11-13)24-10-8-21-19(24)27/h1-7,9,11-12H,8,10H2,(H,21,27)(H,23,26). The number of amides is 3. The predicted octanol–water partition coefficient (Wildman–Crippen LogP) is 2.79. The summed E-state index contributed by atoms with van der Waals surface area (Å²) in [6, 6.07) is 12.6. The van der Waals surface area contributed by atoms with E-state index in [4.69, 9.17) is 0 Å². The van der Waals surface area contributed by atoms with E-state index in [1.54, 1.807) is 59.8 Å². The molecule has 2 aromatic carbocycles. The second-order valence-electron chi connectivity index (χ2n) is 6.00.